The van der Waals surface area contributed by atoms with Crippen LogP contribution in [-0.4, -0.2) is 43.1 Å². The van der Waals surface area contributed by atoms with E-state index < -0.39 is 0 Å². The number of hydrogen-bond donors (Lipinski definition) is 0. The molecule has 0 heterocycles. The molecule has 2 nitrogen and oxygen atoms in total. The van der Waals surface area contributed by atoms with Gasteiger partial charge in [-0.3, -0.25) is 4.90 Å². The lowest BCUT2D eigenvalue weighted by molar-refractivity contribution is 0.0876. The number of halogens is 1. The van der Waals surface area contributed by atoms with Crippen molar-refractivity contribution in [1.29, 1.82) is 0 Å². The van der Waals surface area contributed by atoms with Crippen molar-refractivity contribution in [2.75, 3.05) is 32.1 Å². The Balaban J connectivity index is 2.56. The van der Waals surface area contributed by atoms with Crippen LogP contribution in [0.25, 0.3) is 0 Å². The lowest BCUT2D eigenvalue weighted by Crippen LogP contribution is -2.43. The minimum Gasteiger partial charge on any atom is -0.383 e. The summed E-state index contributed by atoms with van der Waals surface area (Å²) in [7, 11) is 1.80. The molecule has 0 saturated heterocycles. The van der Waals surface area contributed by atoms with Gasteiger partial charge in [0.05, 0.1) is 6.61 Å². The highest BCUT2D eigenvalue weighted by atomic mass is 79.9. The topological polar surface area (TPSA) is 12.5 Å². The summed E-state index contributed by atoms with van der Waals surface area (Å²) in [6, 6.07) is 0.668. The molecule has 1 rings (SSSR count). The highest BCUT2D eigenvalue weighted by molar-refractivity contribution is 9.09. The molecule has 0 radical (unpaired) electrons. The third-order valence-electron chi connectivity index (χ3n) is 4.28. The molecule has 0 bridgehead atoms. The van der Waals surface area contributed by atoms with Gasteiger partial charge in [0.25, 0.3) is 0 Å². The van der Waals surface area contributed by atoms with Crippen LogP contribution in [0, 0.1) is 5.41 Å². The third kappa shape index (κ3) is 4.53. The van der Waals surface area contributed by atoms with Crippen molar-refractivity contribution < 1.29 is 4.74 Å². The summed E-state index contributed by atoms with van der Waals surface area (Å²) in [6.45, 7) is 7.77. The summed E-state index contributed by atoms with van der Waals surface area (Å²) < 4.78 is 5.24. The quantitative estimate of drug-likeness (QED) is 0.634. The fourth-order valence-electron chi connectivity index (χ4n) is 2.81. The summed E-state index contributed by atoms with van der Waals surface area (Å²) in [6.07, 6.45) is 6.81. The van der Waals surface area contributed by atoms with Crippen LogP contribution in [0.3, 0.4) is 0 Å². The van der Waals surface area contributed by atoms with Crippen molar-refractivity contribution in [3.8, 4) is 0 Å². The van der Waals surface area contributed by atoms with Crippen LogP contribution < -0.4 is 0 Å². The standard InChI is InChI=1S/C14H28BrNO/c1-4-13(2)16(9-10-17-3)12-14(11-15)7-5-6-8-14/h13H,4-12H2,1-3H3. The Morgan fingerprint density at radius 2 is 2.00 bits per heavy atom. The number of hydrogen-bond acceptors (Lipinski definition) is 2. The Kier molecular flexibility index (Phi) is 7.05. The maximum Gasteiger partial charge on any atom is 0.0589 e. The molecule has 102 valence electrons. The van der Waals surface area contributed by atoms with E-state index in [9.17, 15) is 0 Å². The Morgan fingerprint density at radius 3 is 2.47 bits per heavy atom. The van der Waals surface area contributed by atoms with E-state index in [-0.39, 0.29) is 0 Å². The van der Waals surface area contributed by atoms with Crippen molar-refractivity contribution in [1.82, 2.24) is 4.90 Å². The summed E-state index contributed by atoms with van der Waals surface area (Å²) in [4.78, 5) is 2.62. The number of methoxy groups -OCH3 is 1. The van der Waals surface area contributed by atoms with Gasteiger partial charge < -0.3 is 4.74 Å². The first-order valence-electron chi connectivity index (χ1n) is 6.96. The van der Waals surface area contributed by atoms with E-state index in [2.05, 4.69) is 34.7 Å². The second-order valence-electron chi connectivity index (χ2n) is 5.56. The molecule has 0 aromatic rings. The van der Waals surface area contributed by atoms with Gasteiger partial charge in [-0.15, -0.1) is 0 Å². The summed E-state index contributed by atoms with van der Waals surface area (Å²) in [5.74, 6) is 0. The Labute approximate surface area is 115 Å². The van der Waals surface area contributed by atoms with Crippen molar-refractivity contribution in [2.24, 2.45) is 5.41 Å². The van der Waals surface area contributed by atoms with Crippen LogP contribution >= 0.6 is 15.9 Å². The fourth-order valence-corrected chi connectivity index (χ4v) is 3.55. The van der Waals surface area contributed by atoms with Crippen LogP contribution in [0.5, 0.6) is 0 Å². The average molecular weight is 306 g/mol. The average Bonchev–Trinajstić information content (AvgIpc) is 2.82. The molecule has 1 aliphatic rings. The molecule has 1 saturated carbocycles. The highest BCUT2D eigenvalue weighted by Crippen LogP contribution is 2.40. The Morgan fingerprint density at radius 1 is 1.35 bits per heavy atom. The van der Waals surface area contributed by atoms with Crippen molar-refractivity contribution in [3.63, 3.8) is 0 Å². The van der Waals surface area contributed by atoms with Gasteiger partial charge in [-0.2, -0.15) is 0 Å². The molecule has 1 aliphatic carbocycles. The van der Waals surface area contributed by atoms with Gasteiger partial charge >= 0.3 is 0 Å². The van der Waals surface area contributed by atoms with E-state index in [1.165, 1.54) is 38.6 Å². The lowest BCUT2D eigenvalue weighted by atomic mass is 9.87. The highest BCUT2D eigenvalue weighted by Gasteiger charge is 2.35. The minimum absolute atomic E-state index is 0.525. The molecule has 0 spiro atoms. The molecular formula is C14H28BrNO. The fraction of sp³-hybridized carbons (Fsp3) is 1.00. The molecule has 0 N–H and O–H groups in total. The third-order valence-corrected chi connectivity index (χ3v) is 5.47. The molecule has 17 heavy (non-hydrogen) atoms. The minimum atomic E-state index is 0.525. The van der Waals surface area contributed by atoms with Gasteiger partial charge in [-0.1, -0.05) is 35.7 Å². The monoisotopic (exact) mass is 305 g/mol. The van der Waals surface area contributed by atoms with Crippen molar-refractivity contribution >= 4 is 15.9 Å². The first kappa shape index (κ1) is 15.5. The van der Waals surface area contributed by atoms with Gasteiger partial charge in [-0.25, -0.2) is 0 Å². The van der Waals surface area contributed by atoms with E-state index in [4.69, 9.17) is 4.74 Å². The number of ether oxygens (including phenoxy) is 1. The maximum atomic E-state index is 5.24. The Hall–Kier alpha value is 0.400. The first-order chi connectivity index (χ1) is 8.17. The lowest BCUT2D eigenvalue weighted by Gasteiger charge is -2.37. The summed E-state index contributed by atoms with van der Waals surface area (Å²) >= 11 is 3.74. The van der Waals surface area contributed by atoms with Gasteiger partial charge in [0, 0.05) is 31.6 Å². The summed E-state index contributed by atoms with van der Waals surface area (Å²) in [5, 5.41) is 1.15. The van der Waals surface area contributed by atoms with Crippen LogP contribution in [0.15, 0.2) is 0 Å². The molecule has 1 fully saturated rings. The molecule has 0 aromatic heterocycles. The molecule has 0 amide bonds. The second-order valence-corrected chi connectivity index (χ2v) is 6.12. The number of rotatable bonds is 8. The SMILES string of the molecule is CCC(C)N(CCOC)CC1(CBr)CCCC1. The normalized spacial score (nSPS) is 21.0. The zero-order chi connectivity index (χ0) is 12.7. The van der Waals surface area contributed by atoms with E-state index in [1.54, 1.807) is 7.11 Å². The van der Waals surface area contributed by atoms with Crippen LogP contribution in [0.2, 0.25) is 0 Å². The van der Waals surface area contributed by atoms with Crippen molar-refractivity contribution in [2.45, 2.75) is 52.0 Å². The van der Waals surface area contributed by atoms with Gasteiger partial charge in [0.1, 0.15) is 0 Å². The van der Waals surface area contributed by atoms with E-state index in [0.717, 1.165) is 18.5 Å². The maximum absolute atomic E-state index is 5.24. The summed E-state index contributed by atoms with van der Waals surface area (Å²) in [5.41, 5.74) is 0.525. The predicted molar refractivity (Wildman–Crippen MR) is 77.9 cm³/mol. The van der Waals surface area contributed by atoms with Gasteiger partial charge in [0.15, 0.2) is 0 Å². The van der Waals surface area contributed by atoms with Crippen LogP contribution in [0.1, 0.15) is 46.0 Å². The number of nitrogens with zero attached hydrogens (tertiary/aromatic N) is 1. The first-order valence-corrected chi connectivity index (χ1v) is 8.08. The molecule has 0 aliphatic heterocycles. The smallest absolute Gasteiger partial charge is 0.0589 e. The second kappa shape index (κ2) is 7.75. The van der Waals surface area contributed by atoms with Crippen LogP contribution in [0.4, 0.5) is 0 Å². The predicted octanol–water partition coefficient (Wildman–Crippen LogP) is 3.69. The van der Waals surface area contributed by atoms with E-state index >= 15 is 0 Å². The van der Waals surface area contributed by atoms with E-state index in [1.807, 2.05) is 0 Å². The molecule has 1 atom stereocenters. The van der Waals surface area contributed by atoms with Crippen molar-refractivity contribution in [3.05, 3.63) is 0 Å². The Bertz CT molecular complexity index is 204. The zero-order valence-corrected chi connectivity index (χ0v) is 13.3. The molecular weight excluding hydrogens is 278 g/mol. The van der Waals surface area contributed by atoms with Gasteiger partial charge in [-0.05, 0) is 31.6 Å². The molecule has 0 aromatic carbocycles. The zero-order valence-electron chi connectivity index (χ0n) is 11.7. The molecule has 1 unspecified atom stereocenters. The molecule has 3 heteroatoms. The van der Waals surface area contributed by atoms with E-state index in [0.29, 0.717) is 11.5 Å². The number of alkyl halides is 1. The van der Waals surface area contributed by atoms with Gasteiger partial charge in [0.2, 0.25) is 0 Å². The largest absolute Gasteiger partial charge is 0.383 e. The van der Waals surface area contributed by atoms with Crippen LogP contribution in [-0.2, 0) is 4.74 Å².